The van der Waals surface area contributed by atoms with Crippen molar-refractivity contribution in [3.63, 3.8) is 0 Å². The summed E-state index contributed by atoms with van der Waals surface area (Å²) < 4.78 is 11.0. The maximum Gasteiger partial charge on any atom is 0.315 e. The maximum absolute atomic E-state index is 12.0. The summed E-state index contributed by atoms with van der Waals surface area (Å²) in [5.74, 6) is 2.02. The second-order valence-electron chi connectivity index (χ2n) is 6.54. The first-order chi connectivity index (χ1) is 11.2. The highest BCUT2D eigenvalue weighted by atomic mass is 16.5. The number of amides is 2. The molecule has 126 valence electrons. The van der Waals surface area contributed by atoms with E-state index in [2.05, 4.69) is 10.6 Å². The van der Waals surface area contributed by atoms with Crippen LogP contribution in [0.15, 0.2) is 18.2 Å². The summed E-state index contributed by atoms with van der Waals surface area (Å²) >= 11 is 0. The van der Waals surface area contributed by atoms with E-state index in [1.54, 1.807) is 7.11 Å². The molecule has 1 saturated carbocycles. The lowest BCUT2D eigenvalue weighted by Gasteiger charge is -2.27. The number of ether oxygens (including phenoxy) is 2. The van der Waals surface area contributed by atoms with Crippen molar-refractivity contribution in [2.75, 3.05) is 20.3 Å². The topological polar surface area (TPSA) is 59.6 Å². The van der Waals surface area contributed by atoms with Crippen LogP contribution in [0.2, 0.25) is 0 Å². The molecule has 2 N–H and O–H groups in total. The van der Waals surface area contributed by atoms with Crippen molar-refractivity contribution in [1.82, 2.24) is 10.6 Å². The average Bonchev–Trinajstić information content (AvgIpc) is 2.60. The number of fused-ring (bicyclic) bond motifs is 1. The summed E-state index contributed by atoms with van der Waals surface area (Å²) in [5, 5.41) is 6.08. The van der Waals surface area contributed by atoms with Gasteiger partial charge in [-0.05, 0) is 30.9 Å². The number of carbonyl (C=O) groups excluding carboxylic acids is 1. The first kappa shape index (κ1) is 16.0. The summed E-state index contributed by atoms with van der Waals surface area (Å²) in [5.41, 5.74) is 1.18. The molecule has 0 bridgehead atoms. The van der Waals surface area contributed by atoms with Gasteiger partial charge in [-0.2, -0.15) is 0 Å². The molecule has 0 unspecified atom stereocenters. The van der Waals surface area contributed by atoms with Gasteiger partial charge in [0.1, 0.15) is 11.5 Å². The Balaban J connectivity index is 1.45. The normalized spacial score (nSPS) is 21.0. The van der Waals surface area contributed by atoms with Gasteiger partial charge in [0, 0.05) is 24.6 Å². The number of nitrogens with one attached hydrogen (secondary N) is 2. The molecule has 2 aliphatic rings. The lowest BCUT2D eigenvalue weighted by atomic mass is 9.95. The van der Waals surface area contributed by atoms with Gasteiger partial charge < -0.3 is 20.1 Å². The van der Waals surface area contributed by atoms with Crippen molar-refractivity contribution in [2.45, 2.75) is 44.6 Å². The highest BCUT2D eigenvalue weighted by molar-refractivity contribution is 5.74. The third-order valence-corrected chi connectivity index (χ3v) is 4.75. The van der Waals surface area contributed by atoms with Gasteiger partial charge in [-0.25, -0.2) is 4.79 Å². The molecule has 1 aliphatic carbocycles. The van der Waals surface area contributed by atoms with Crippen LogP contribution in [0, 0.1) is 5.92 Å². The first-order valence-electron chi connectivity index (χ1n) is 8.58. The van der Waals surface area contributed by atoms with Crippen LogP contribution in [-0.2, 0) is 6.42 Å². The van der Waals surface area contributed by atoms with Crippen LogP contribution in [0.1, 0.15) is 37.7 Å². The van der Waals surface area contributed by atoms with Crippen LogP contribution < -0.4 is 20.1 Å². The minimum Gasteiger partial charge on any atom is -0.497 e. The van der Waals surface area contributed by atoms with E-state index in [4.69, 9.17) is 9.47 Å². The monoisotopic (exact) mass is 318 g/mol. The fourth-order valence-electron chi connectivity index (χ4n) is 3.39. The zero-order chi connectivity index (χ0) is 16.1. The first-order valence-corrected chi connectivity index (χ1v) is 8.58. The lowest BCUT2D eigenvalue weighted by Crippen LogP contribution is -2.45. The van der Waals surface area contributed by atoms with Crippen LogP contribution >= 0.6 is 0 Å². The quantitative estimate of drug-likeness (QED) is 0.897. The van der Waals surface area contributed by atoms with E-state index in [1.807, 2.05) is 18.2 Å². The molecule has 1 atom stereocenters. The van der Waals surface area contributed by atoms with Crippen LogP contribution in [-0.4, -0.2) is 32.3 Å². The van der Waals surface area contributed by atoms with Gasteiger partial charge >= 0.3 is 6.03 Å². The zero-order valence-electron chi connectivity index (χ0n) is 13.8. The number of methoxy groups -OCH3 is 1. The fourth-order valence-corrected chi connectivity index (χ4v) is 3.39. The van der Waals surface area contributed by atoms with Crippen LogP contribution in [0.5, 0.6) is 11.5 Å². The van der Waals surface area contributed by atoms with Crippen molar-refractivity contribution in [1.29, 1.82) is 0 Å². The summed E-state index contributed by atoms with van der Waals surface area (Å²) in [6.07, 6.45) is 6.88. The highest BCUT2D eigenvalue weighted by Gasteiger charge is 2.22. The van der Waals surface area contributed by atoms with E-state index in [9.17, 15) is 4.79 Å². The molecule has 1 aromatic rings. The van der Waals surface area contributed by atoms with Crippen molar-refractivity contribution >= 4 is 6.03 Å². The Bertz CT molecular complexity index is 541. The molecule has 0 spiro atoms. The smallest absolute Gasteiger partial charge is 0.315 e. The Labute approximate surface area is 137 Å². The molecule has 3 rings (SSSR count). The van der Waals surface area contributed by atoms with Crippen molar-refractivity contribution in [3.8, 4) is 11.5 Å². The van der Waals surface area contributed by atoms with Crippen LogP contribution in [0.25, 0.3) is 0 Å². The van der Waals surface area contributed by atoms with Gasteiger partial charge in [0.05, 0.1) is 13.7 Å². The molecule has 1 aromatic carbocycles. The molecule has 23 heavy (non-hydrogen) atoms. The van der Waals surface area contributed by atoms with E-state index in [0.29, 0.717) is 25.1 Å². The molecule has 5 heteroatoms. The number of benzene rings is 1. The lowest BCUT2D eigenvalue weighted by molar-refractivity contribution is 0.208. The molecule has 0 saturated heterocycles. The molecule has 1 aliphatic heterocycles. The minimum absolute atomic E-state index is 0.0440. The third-order valence-electron chi connectivity index (χ3n) is 4.75. The number of rotatable bonds is 4. The van der Waals surface area contributed by atoms with Gasteiger partial charge in [0.25, 0.3) is 0 Å². The fraction of sp³-hybridized carbons (Fsp3) is 0.611. The second kappa shape index (κ2) is 7.57. The number of hydrogen-bond acceptors (Lipinski definition) is 3. The molecule has 1 heterocycles. The van der Waals surface area contributed by atoms with E-state index < -0.39 is 0 Å². The van der Waals surface area contributed by atoms with E-state index >= 15 is 0 Å². The predicted octanol–water partition coefficient (Wildman–Crippen LogP) is 2.88. The Morgan fingerprint density at radius 1 is 1.30 bits per heavy atom. The second-order valence-corrected chi connectivity index (χ2v) is 6.54. The van der Waals surface area contributed by atoms with Gasteiger partial charge in [-0.3, -0.25) is 0 Å². The molecule has 0 radical (unpaired) electrons. The maximum atomic E-state index is 12.0. The van der Waals surface area contributed by atoms with E-state index in [0.717, 1.165) is 30.8 Å². The number of urea groups is 1. The third kappa shape index (κ3) is 4.30. The Hall–Kier alpha value is -1.91. The summed E-state index contributed by atoms with van der Waals surface area (Å²) in [6, 6.07) is 6.22. The van der Waals surface area contributed by atoms with E-state index in [1.165, 1.54) is 24.8 Å². The van der Waals surface area contributed by atoms with Gasteiger partial charge in [0.2, 0.25) is 0 Å². The van der Waals surface area contributed by atoms with Crippen molar-refractivity contribution in [2.24, 2.45) is 5.92 Å². The van der Waals surface area contributed by atoms with Crippen molar-refractivity contribution < 1.29 is 14.3 Å². The largest absolute Gasteiger partial charge is 0.497 e. The van der Waals surface area contributed by atoms with Gasteiger partial charge in [-0.1, -0.05) is 25.3 Å². The summed E-state index contributed by atoms with van der Waals surface area (Å²) in [7, 11) is 1.65. The molecule has 0 aromatic heterocycles. The molecular formula is C18H26N2O3. The molecular weight excluding hydrogens is 292 g/mol. The number of carbonyl (C=O) groups is 1. The highest BCUT2D eigenvalue weighted by Crippen LogP contribution is 2.30. The predicted molar refractivity (Wildman–Crippen MR) is 89.1 cm³/mol. The number of hydrogen-bond donors (Lipinski definition) is 2. The molecule has 5 nitrogen and oxygen atoms in total. The van der Waals surface area contributed by atoms with Crippen LogP contribution in [0.3, 0.4) is 0 Å². The summed E-state index contributed by atoms with van der Waals surface area (Å²) in [4.78, 5) is 12.0. The SMILES string of the molecule is COc1ccc2c(c1)OC[C@@H](CNC(=O)NC1CCCCC1)C2. The average molecular weight is 318 g/mol. The Kier molecular flexibility index (Phi) is 5.26. The Morgan fingerprint density at radius 2 is 2.13 bits per heavy atom. The Morgan fingerprint density at radius 3 is 2.91 bits per heavy atom. The van der Waals surface area contributed by atoms with Gasteiger partial charge in [0.15, 0.2) is 0 Å². The van der Waals surface area contributed by atoms with E-state index in [-0.39, 0.29) is 6.03 Å². The molecule has 1 fully saturated rings. The van der Waals surface area contributed by atoms with Crippen molar-refractivity contribution in [3.05, 3.63) is 23.8 Å². The standard InChI is InChI=1S/C18H26N2O3/c1-22-16-8-7-14-9-13(12-23-17(14)10-16)11-19-18(21)20-15-5-3-2-4-6-15/h7-8,10,13,15H,2-6,9,11-12H2,1H3,(H2,19,20,21)/t13-/m1/s1. The van der Waals surface area contributed by atoms with Gasteiger partial charge in [-0.15, -0.1) is 0 Å². The molecule has 2 amide bonds. The van der Waals surface area contributed by atoms with Crippen LogP contribution in [0.4, 0.5) is 4.79 Å². The minimum atomic E-state index is -0.0440. The summed E-state index contributed by atoms with van der Waals surface area (Å²) in [6.45, 7) is 1.27. The zero-order valence-corrected chi connectivity index (χ0v) is 13.8.